The lowest BCUT2D eigenvalue weighted by Crippen LogP contribution is -2.19. The zero-order valence-corrected chi connectivity index (χ0v) is 6.97. The van der Waals surface area contributed by atoms with E-state index in [0.717, 1.165) is 0 Å². The van der Waals surface area contributed by atoms with E-state index in [-0.39, 0.29) is 12.4 Å². The SMILES string of the molecule is O=C1COS(=O)c2ccccc21. The Morgan fingerprint density at radius 1 is 1.33 bits per heavy atom. The largest absolute Gasteiger partial charge is 0.291 e. The van der Waals surface area contributed by atoms with Crippen molar-refractivity contribution in [2.75, 3.05) is 6.61 Å². The van der Waals surface area contributed by atoms with Crippen LogP contribution in [0.25, 0.3) is 0 Å². The fourth-order valence-corrected chi connectivity index (χ4v) is 1.98. The third-order valence-corrected chi connectivity index (χ3v) is 2.71. The minimum absolute atomic E-state index is 0.0797. The predicted molar refractivity (Wildman–Crippen MR) is 43.1 cm³/mol. The molecule has 0 N–H and O–H groups in total. The topological polar surface area (TPSA) is 43.4 Å². The molecule has 2 rings (SSSR count). The number of carbonyl (C=O) groups excluding carboxylic acids is 1. The van der Waals surface area contributed by atoms with Crippen LogP contribution in [0, 0.1) is 0 Å². The van der Waals surface area contributed by atoms with E-state index in [1.165, 1.54) is 0 Å². The minimum Gasteiger partial charge on any atom is -0.291 e. The Bertz CT molecular complexity index is 324. The molecule has 0 aliphatic carbocycles. The quantitative estimate of drug-likeness (QED) is 0.599. The smallest absolute Gasteiger partial charge is 0.191 e. The van der Waals surface area contributed by atoms with Crippen LogP contribution < -0.4 is 0 Å². The maximum Gasteiger partial charge on any atom is 0.191 e. The van der Waals surface area contributed by atoms with Crippen LogP contribution in [-0.2, 0) is 15.3 Å². The molecule has 0 spiro atoms. The Morgan fingerprint density at radius 2 is 2.08 bits per heavy atom. The highest BCUT2D eigenvalue weighted by Crippen LogP contribution is 2.19. The molecule has 1 aliphatic heterocycles. The first-order valence-corrected chi connectivity index (χ1v) is 4.54. The molecule has 0 saturated carbocycles. The van der Waals surface area contributed by atoms with Crippen LogP contribution in [0.15, 0.2) is 29.2 Å². The molecule has 1 atom stereocenters. The molecular formula is C8H6O3S. The van der Waals surface area contributed by atoms with E-state index >= 15 is 0 Å². The Morgan fingerprint density at radius 3 is 2.83 bits per heavy atom. The Labute approximate surface area is 72.0 Å². The summed E-state index contributed by atoms with van der Waals surface area (Å²) in [5, 5.41) is 0. The van der Waals surface area contributed by atoms with Crippen LogP contribution in [0.3, 0.4) is 0 Å². The van der Waals surface area contributed by atoms with E-state index in [9.17, 15) is 9.00 Å². The molecule has 0 saturated heterocycles. The molecular weight excluding hydrogens is 176 g/mol. The van der Waals surface area contributed by atoms with Crippen molar-refractivity contribution in [3.05, 3.63) is 29.8 Å². The molecule has 1 aromatic rings. The van der Waals surface area contributed by atoms with Gasteiger partial charge in [0, 0.05) is 5.56 Å². The second-order valence-corrected chi connectivity index (χ2v) is 3.56. The van der Waals surface area contributed by atoms with Gasteiger partial charge in [-0.2, -0.15) is 0 Å². The first-order chi connectivity index (χ1) is 5.79. The fourth-order valence-electron chi connectivity index (χ4n) is 1.09. The van der Waals surface area contributed by atoms with E-state index in [1.807, 2.05) is 0 Å². The van der Waals surface area contributed by atoms with Crippen LogP contribution in [-0.4, -0.2) is 16.6 Å². The molecule has 0 radical (unpaired) electrons. The zero-order chi connectivity index (χ0) is 8.55. The van der Waals surface area contributed by atoms with Crippen LogP contribution >= 0.6 is 0 Å². The van der Waals surface area contributed by atoms with Gasteiger partial charge >= 0.3 is 0 Å². The highest BCUT2D eigenvalue weighted by atomic mass is 32.2. The van der Waals surface area contributed by atoms with Crippen LogP contribution in [0.1, 0.15) is 10.4 Å². The van der Waals surface area contributed by atoms with Crippen molar-refractivity contribution in [2.45, 2.75) is 4.90 Å². The molecule has 1 unspecified atom stereocenters. The van der Waals surface area contributed by atoms with Gasteiger partial charge in [-0.15, -0.1) is 0 Å². The first-order valence-electron chi connectivity index (χ1n) is 3.46. The predicted octanol–water partition coefficient (Wildman–Crippen LogP) is 0.922. The van der Waals surface area contributed by atoms with E-state index in [4.69, 9.17) is 4.18 Å². The second-order valence-electron chi connectivity index (χ2n) is 2.42. The van der Waals surface area contributed by atoms with Crippen molar-refractivity contribution in [1.29, 1.82) is 0 Å². The number of fused-ring (bicyclic) bond motifs is 1. The zero-order valence-electron chi connectivity index (χ0n) is 6.15. The van der Waals surface area contributed by atoms with Gasteiger partial charge < -0.3 is 0 Å². The molecule has 0 amide bonds. The molecule has 0 aromatic heterocycles. The summed E-state index contributed by atoms with van der Waals surface area (Å²) < 4.78 is 15.9. The summed E-state index contributed by atoms with van der Waals surface area (Å²) in [7, 11) is 0. The number of ketones is 1. The molecule has 4 heteroatoms. The van der Waals surface area contributed by atoms with Crippen molar-refractivity contribution in [3.8, 4) is 0 Å². The third-order valence-electron chi connectivity index (χ3n) is 1.66. The lowest BCUT2D eigenvalue weighted by molar-refractivity contribution is 0.0917. The molecule has 12 heavy (non-hydrogen) atoms. The van der Waals surface area contributed by atoms with Gasteiger partial charge in [0.25, 0.3) is 0 Å². The van der Waals surface area contributed by atoms with E-state index < -0.39 is 11.1 Å². The van der Waals surface area contributed by atoms with Crippen molar-refractivity contribution in [1.82, 2.24) is 0 Å². The standard InChI is InChI=1S/C8H6O3S/c9-7-5-11-12(10)8-4-2-1-3-6(7)8/h1-4H,5H2. The molecule has 1 aliphatic rings. The van der Waals surface area contributed by atoms with Crippen LogP contribution in [0.5, 0.6) is 0 Å². The van der Waals surface area contributed by atoms with Gasteiger partial charge in [-0.1, -0.05) is 18.2 Å². The second kappa shape index (κ2) is 2.80. The summed E-state index contributed by atoms with van der Waals surface area (Å²) >= 11 is -1.46. The molecule has 0 fully saturated rings. The Kier molecular flexibility index (Phi) is 1.78. The average molecular weight is 182 g/mol. The van der Waals surface area contributed by atoms with Crippen molar-refractivity contribution in [3.63, 3.8) is 0 Å². The molecule has 1 heterocycles. The van der Waals surface area contributed by atoms with Crippen molar-refractivity contribution in [2.24, 2.45) is 0 Å². The monoisotopic (exact) mass is 182 g/mol. The van der Waals surface area contributed by atoms with E-state index in [0.29, 0.717) is 10.5 Å². The normalized spacial score (nSPS) is 22.0. The number of hydrogen-bond acceptors (Lipinski definition) is 3. The van der Waals surface area contributed by atoms with Gasteiger partial charge in [-0.25, -0.2) is 4.21 Å². The summed E-state index contributed by atoms with van der Waals surface area (Å²) in [6, 6.07) is 6.79. The van der Waals surface area contributed by atoms with Crippen LogP contribution in [0.4, 0.5) is 0 Å². The maximum atomic E-state index is 11.2. The highest BCUT2D eigenvalue weighted by Gasteiger charge is 2.22. The molecule has 0 bridgehead atoms. The lowest BCUT2D eigenvalue weighted by atomic mass is 10.1. The number of benzene rings is 1. The van der Waals surface area contributed by atoms with Gasteiger partial charge in [0.15, 0.2) is 16.9 Å². The number of carbonyl (C=O) groups is 1. The van der Waals surface area contributed by atoms with Crippen LogP contribution in [0.2, 0.25) is 0 Å². The summed E-state index contributed by atoms with van der Waals surface area (Å²) in [6.07, 6.45) is 0. The maximum absolute atomic E-state index is 11.2. The molecule has 3 nitrogen and oxygen atoms in total. The number of Topliss-reactive ketones (excluding diaryl/α,β-unsaturated/α-hetero) is 1. The summed E-state index contributed by atoms with van der Waals surface area (Å²) in [5.41, 5.74) is 0.516. The fraction of sp³-hybridized carbons (Fsp3) is 0.125. The average Bonchev–Trinajstić information content (AvgIpc) is 2.12. The summed E-state index contributed by atoms with van der Waals surface area (Å²) in [5.74, 6) is -0.106. The van der Waals surface area contributed by atoms with Gasteiger partial charge in [-0.05, 0) is 6.07 Å². The minimum atomic E-state index is -1.46. The van der Waals surface area contributed by atoms with Crippen molar-refractivity contribution < 1.29 is 13.2 Å². The third kappa shape index (κ3) is 1.09. The lowest BCUT2D eigenvalue weighted by Gasteiger charge is -2.12. The number of rotatable bonds is 0. The van der Waals surface area contributed by atoms with Gasteiger partial charge in [0.05, 0.1) is 4.90 Å². The molecule has 1 aromatic carbocycles. The Hall–Kier alpha value is -1.00. The first kappa shape index (κ1) is 7.64. The van der Waals surface area contributed by atoms with Gasteiger partial charge in [-0.3, -0.25) is 8.98 Å². The highest BCUT2D eigenvalue weighted by molar-refractivity contribution is 7.80. The van der Waals surface area contributed by atoms with E-state index in [1.54, 1.807) is 24.3 Å². The number of hydrogen-bond donors (Lipinski definition) is 0. The van der Waals surface area contributed by atoms with E-state index in [2.05, 4.69) is 0 Å². The van der Waals surface area contributed by atoms with Gasteiger partial charge in [0.1, 0.15) is 6.61 Å². The van der Waals surface area contributed by atoms with Crippen molar-refractivity contribution >= 4 is 16.9 Å². The Balaban J connectivity index is 2.62. The molecule has 62 valence electrons. The summed E-state index contributed by atoms with van der Waals surface area (Å²) in [6.45, 7) is -0.0797. The van der Waals surface area contributed by atoms with Gasteiger partial charge in [0.2, 0.25) is 0 Å². The summed E-state index contributed by atoms with van der Waals surface area (Å²) in [4.78, 5) is 11.7.